The molecular formula is C12H23NO4S. The van der Waals surface area contributed by atoms with Gasteiger partial charge >= 0.3 is 5.97 Å². The predicted octanol–water partition coefficient (Wildman–Crippen LogP) is 0.147. The fraction of sp³-hybridized carbons (Fsp3) is 0.917. The molecular weight excluding hydrogens is 254 g/mol. The number of hydrogen-bond acceptors (Lipinski definition) is 6. The van der Waals surface area contributed by atoms with Gasteiger partial charge in [0.2, 0.25) is 0 Å². The number of rotatable bonds is 10. The summed E-state index contributed by atoms with van der Waals surface area (Å²) in [5.41, 5.74) is 0. The van der Waals surface area contributed by atoms with Crippen LogP contribution in [0.1, 0.15) is 26.2 Å². The van der Waals surface area contributed by atoms with Crippen LogP contribution in [0.5, 0.6) is 0 Å². The van der Waals surface area contributed by atoms with Gasteiger partial charge in [0.15, 0.2) is 0 Å². The minimum Gasteiger partial charge on any atom is -0.465 e. The van der Waals surface area contributed by atoms with E-state index in [-0.39, 0.29) is 18.6 Å². The SMILES string of the molecule is CCOC(=O)C(CCSCC(O)CO)NC1CC1. The van der Waals surface area contributed by atoms with Crippen molar-refractivity contribution in [3.05, 3.63) is 0 Å². The Hall–Kier alpha value is -0.300. The van der Waals surface area contributed by atoms with E-state index >= 15 is 0 Å². The Morgan fingerprint density at radius 3 is 2.83 bits per heavy atom. The van der Waals surface area contributed by atoms with Crippen molar-refractivity contribution in [3.63, 3.8) is 0 Å². The highest BCUT2D eigenvalue weighted by Crippen LogP contribution is 2.21. The number of aliphatic hydroxyl groups excluding tert-OH is 2. The second kappa shape index (κ2) is 8.74. The van der Waals surface area contributed by atoms with Crippen molar-refractivity contribution in [2.75, 3.05) is 24.7 Å². The molecule has 2 unspecified atom stereocenters. The van der Waals surface area contributed by atoms with E-state index in [1.165, 1.54) is 11.8 Å². The summed E-state index contributed by atoms with van der Waals surface area (Å²) >= 11 is 1.54. The van der Waals surface area contributed by atoms with E-state index < -0.39 is 6.10 Å². The molecule has 1 aliphatic carbocycles. The van der Waals surface area contributed by atoms with Crippen molar-refractivity contribution >= 4 is 17.7 Å². The van der Waals surface area contributed by atoms with Gasteiger partial charge in [-0.1, -0.05) is 0 Å². The molecule has 3 N–H and O–H groups in total. The number of ether oxygens (including phenoxy) is 1. The summed E-state index contributed by atoms with van der Waals surface area (Å²) < 4.78 is 5.03. The zero-order chi connectivity index (χ0) is 13.4. The van der Waals surface area contributed by atoms with Gasteiger partial charge in [-0.25, -0.2) is 0 Å². The van der Waals surface area contributed by atoms with Gasteiger partial charge in [0.25, 0.3) is 0 Å². The van der Waals surface area contributed by atoms with Crippen LogP contribution in [0.15, 0.2) is 0 Å². The van der Waals surface area contributed by atoms with Gasteiger partial charge in [-0.05, 0) is 31.9 Å². The summed E-state index contributed by atoms with van der Waals surface area (Å²) in [4.78, 5) is 11.7. The van der Waals surface area contributed by atoms with Crippen molar-refractivity contribution in [2.45, 2.75) is 44.4 Å². The smallest absolute Gasteiger partial charge is 0.323 e. The Morgan fingerprint density at radius 1 is 1.56 bits per heavy atom. The first-order valence-corrected chi connectivity index (χ1v) is 7.62. The van der Waals surface area contributed by atoms with E-state index in [9.17, 15) is 9.90 Å². The van der Waals surface area contributed by atoms with Gasteiger partial charge in [-0.15, -0.1) is 0 Å². The molecule has 0 aliphatic heterocycles. The monoisotopic (exact) mass is 277 g/mol. The van der Waals surface area contributed by atoms with Crippen LogP contribution in [-0.2, 0) is 9.53 Å². The molecule has 1 fully saturated rings. The van der Waals surface area contributed by atoms with E-state index in [2.05, 4.69) is 5.32 Å². The molecule has 2 atom stereocenters. The van der Waals surface area contributed by atoms with Crippen molar-refractivity contribution < 1.29 is 19.7 Å². The van der Waals surface area contributed by atoms with E-state index in [0.29, 0.717) is 24.8 Å². The van der Waals surface area contributed by atoms with Gasteiger partial charge in [0, 0.05) is 11.8 Å². The van der Waals surface area contributed by atoms with Crippen LogP contribution in [0.2, 0.25) is 0 Å². The molecule has 1 saturated carbocycles. The van der Waals surface area contributed by atoms with Crippen LogP contribution in [0.3, 0.4) is 0 Å². The number of hydrogen-bond donors (Lipinski definition) is 3. The normalized spacial score (nSPS) is 18.4. The Balaban J connectivity index is 2.20. The van der Waals surface area contributed by atoms with Gasteiger partial charge in [-0.2, -0.15) is 11.8 Å². The Kier molecular flexibility index (Phi) is 7.65. The summed E-state index contributed by atoms with van der Waals surface area (Å²) in [6.07, 6.45) is 2.28. The maximum atomic E-state index is 11.7. The molecule has 0 heterocycles. The summed E-state index contributed by atoms with van der Waals surface area (Å²) in [6.45, 7) is 1.99. The second-order valence-electron chi connectivity index (χ2n) is 4.45. The van der Waals surface area contributed by atoms with E-state index in [4.69, 9.17) is 9.84 Å². The van der Waals surface area contributed by atoms with Gasteiger partial charge in [-0.3, -0.25) is 4.79 Å². The molecule has 18 heavy (non-hydrogen) atoms. The molecule has 0 amide bonds. The molecule has 0 saturated heterocycles. The molecule has 0 spiro atoms. The lowest BCUT2D eigenvalue weighted by Gasteiger charge is -2.17. The third-order valence-electron chi connectivity index (χ3n) is 2.66. The second-order valence-corrected chi connectivity index (χ2v) is 5.60. The lowest BCUT2D eigenvalue weighted by Crippen LogP contribution is -2.40. The largest absolute Gasteiger partial charge is 0.465 e. The summed E-state index contributed by atoms with van der Waals surface area (Å²) in [6, 6.07) is 0.226. The summed E-state index contributed by atoms with van der Waals surface area (Å²) in [7, 11) is 0. The molecule has 1 aliphatic rings. The van der Waals surface area contributed by atoms with Crippen molar-refractivity contribution in [2.24, 2.45) is 0 Å². The Morgan fingerprint density at radius 2 is 2.28 bits per heavy atom. The lowest BCUT2D eigenvalue weighted by molar-refractivity contribution is -0.145. The number of carbonyl (C=O) groups excluding carboxylic acids is 1. The number of esters is 1. The molecule has 0 aromatic rings. The average Bonchev–Trinajstić information content (AvgIpc) is 3.16. The summed E-state index contributed by atoms with van der Waals surface area (Å²) in [5.74, 6) is 1.07. The van der Waals surface area contributed by atoms with Gasteiger partial charge in [0.05, 0.1) is 19.3 Å². The Bertz CT molecular complexity index is 248. The minimum absolute atomic E-state index is 0.187. The first-order chi connectivity index (χ1) is 8.67. The highest BCUT2D eigenvalue weighted by molar-refractivity contribution is 7.99. The maximum absolute atomic E-state index is 11.7. The van der Waals surface area contributed by atoms with E-state index in [1.807, 2.05) is 0 Å². The topological polar surface area (TPSA) is 78.8 Å². The number of thioether (sulfide) groups is 1. The van der Waals surface area contributed by atoms with Crippen LogP contribution in [0.25, 0.3) is 0 Å². The van der Waals surface area contributed by atoms with E-state index in [0.717, 1.165) is 18.6 Å². The molecule has 0 bridgehead atoms. The fourth-order valence-corrected chi connectivity index (χ4v) is 2.47. The first-order valence-electron chi connectivity index (χ1n) is 6.46. The first kappa shape index (κ1) is 15.8. The molecule has 0 aromatic heterocycles. The predicted molar refractivity (Wildman–Crippen MR) is 71.6 cm³/mol. The third kappa shape index (κ3) is 6.58. The molecule has 1 rings (SSSR count). The molecule has 106 valence electrons. The highest BCUT2D eigenvalue weighted by atomic mass is 32.2. The number of nitrogens with one attached hydrogen (secondary N) is 1. The maximum Gasteiger partial charge on any atom is 0.323 e. The third-order valence-corrected chi connectivity index (χ3v) is 3.80. The van der Waals surface area contributed by atoms with Gasteiger partial charge in [0.1, 0.15) is 6.04 Å². The van der Waals surface area contributed by atoms with Crippen LogP contribution >= 0.6 is 11.8 Å². The number of carbonyl (C=O) groups is 1. The quantitative estimate of drug-likeness (QED) is 0.390. The van der Waals surface area contributed by atoms with Gasteiger partial charge < -0.3 is 20.3 Å². The molecule has 0 radical (unpaired) electrons. The molecule has 6 heteroatoms. The van der Waals surface area contributed by atoms with Crippen LogP contribution in [-0.4, -0.2) is 59.1 Å². The average molecular weight is 277 g/mol. The van der Waals surface area contributed by atoms with Crippen molar-refractivity contribution in [3.8, 4) is 0 Å². The fourth-order valence-electron chi connectivity index (χ4n) is 1.52. The standard InChI is InChI=1S/C12H23NO4S/c1-2-17-12(16)11(13-9-3-4-9)5-6-18-8-10(15)7-14/h9-11,13-15H,2-8H2,1H3. The molecule has 5 nitrogen and oxygen atoms in total. The lowest BCUT2D eigenvalue weighted by atomic mass is 10.2. The summed E-state index contributed by atoms with van der Waals surface area (Å²) in [5, 5.41) is 21.2. The van der Waals surface area contributed by atoms with Crippen LogP contribution in [0.4, 0.5) is 0 Å². The highest BCUT2D eigenvalue weighted by Gasteiger charge is 2.28. The van der Waals surface area contributed by atoms with Crippen molar-refractivity contribution in [1.82, 2.24) is 5.32 Å². The minimum atomic E-state index is -0.674. The molecule has 0 aromatic carbocycles. The van der Waals surface area contributed by atoms with Crippen molar-refractivity contribution in [1.29, 1.82) is 0 Å². The zero-order valence-corrected chi connectivity index (χ0v) is 11.6. The Labute approximate surface area is 112 Å². The van der Waals surface area contributed by atoms with Crippen LogP contribution < -0.4 is 5.32 Å². The van der Waals surface area contributed by atoms with E-state index in [1.54, 1.807) is 6.92 Å². The van der Waals surface area contributed by atoms with Crippen LogP contribution in [0, 0.1) is 0 Å². The zero-order valence-electron chi connectivity index (χ0n) is 10.8. The number of aliphatic hydroxyl groups is 2.